The number of rotatable bonds is 6. The van der Waals surface area contributed by atoms with Crippen molar-refractivity contribution in [2.75, 3.05) is 13.2 Å². The number of aliphatic hydroxyl groups excluding tert-OH is 1. The molecule has 2 nitrogen and oxygen atoms in total. The number of benzene rings is 1. The maximum absolute atomic E-state index is 9.41. The van der Waals surface area contributed by atoms with Gasteiger partial charge in [0.05, 0.1) is 6.61 Å². The summed E-state index contributed by atoms with van der Waals surface area (Å²) in [4.78, 5) is 0. The molecule has 1 atom stereocenters. The summed E-state index contributed by atoms with van der Waals surface area (Å²) in [6.45, 7) is 15.8. The first-order valence-corrected chi connectivity index (χ1v) is 10.1. The van der Waals surface area contributed by atoms with Gasteiger partial charge in [-0.25, -0.2) is 0 Å². The Bertz CT molecular complexity index is 432. The van der Waals surface area contributed by atoms with Gasteiger partial charge in [0.15, 0.2) is 8.32 Å². The van der Waals surface area contributed by atoms with Crippen LogP contribution in [0.3, 0.4) is 0 Å². The Morgan fingerprint density at radius 3 is 2.25 bits per heavy atom. The Hall–Kier alpha value is -0.903. The molecule has 0 aromatic heterocycles. The highest BCUT2D eigenvalue weighted by atomic mass is 28.4. The van der Waals surface area contributed by atoms with E-state index in [0.29, 0.717) is 6.61 Å². The molecule has 1 N–H and O–H groups in total. The van der Waals surface area contributed by atoms with Crippen LogP contribution < -0.4 is 0 Å². The van der Waals surface area contributed by atoms with Gasteiger partial charge in [0.1, 0.15) is 0 Å². The number of hydrogen-bond donors (Lipinski definition) is 1. The van der Waals surface area contributed by atoms with E-state index in [1.54, 1.807) is 0 Å². The quantitative estimate of drug-likeness (QED) is 0.624. The lowest BCUT2D eigenvalue weighted by Crippen LogP contribution is -2.41. The highest BCUT2D eigenvalue weighted by Gasteiger charge is 2.37. The largest absolute Gasteiger partial charge is 0.416 e. The van der Waals surface area contributed by atoms with E-state index in [1.807, 2.05) is 18.2 Å². The predicted molar refractivity (Wildman–Crippen MR) is 88.6 cm³/mol. The maximum atomic E-state index is 9.41. The first-order chi connectivity index (χ1) is 9.19. The van der Waals surface area contributed by atoms with Crippen LogP contribution in [0.1, 0.15) is 32.3 Å². The van der Waals surface area contributed by atoms with E-state index in [-0.39, 0.29) is 17.6 Å². The first kappa shape index (κ1) is 17.1. The Balaban J connectivity index is 2.86. The van der Waals surface area contributed by atoms with Crippen LogP contribution in [-0.4, -0.2) is 26.6 Å². The van der Waals surface area contributed by atoms with Crippen LogP contribution in [0.5, 0.6) is 0 Å². The van der Waals surface area contributed by atoms with Gasteiger partial charge in [0.25, 0.3) is 0 Å². The number of aliphatic hydroxyl groups is 1. The zero-order chi connectivity index (χ0) is 15.4. The average molecular weight is 292 g/mol. The number of hydrogen-bond acceptors (Lipinski definition) is 2. The van der Waals surface area contributed by atoms with Crippen molar-refractivity contribution in [1.29, 1.82) is 0 Å². The zero-order valence-electron chi connectivity index (χ0n) is 13.4. The molecule has 0 aliphatic rings. The Kier molecular flexibility index (Phi) is 5.75. The molecule has 0 radical (unpaired) electrons. The fraction of sp³-hybridized carbons (Fsp3) is 0.529. The van der Waals surface area contributed by atoms with Gasteiger partial charge in [-0.05, 0) is 29.3 Å². The molecule has 0 spiro atoms. The Morgan fingerprint density at radius 2 is 1.80 bits per heavy atom. The molecule has 20 heavy (non-hydrogen) atoms. The van der Waals surface area contributed by atoms with E-state index in [0.717, 1.165) is 11.1 Å². The van der Waals surface area contributed by atoms with Crippen molar-refractivity contribution >= 4 is 8.32 Å². The van der Waals surface area contributed by atoms with Crippen LogP contribution in [0.2, 0.25) is 18.1 Å². The van der Waals surface area contributed by atoms with Crippen LogP contribution in [-0.2, 0) is 4.43 Å². The van der Waals surface area contributed by atoms with Crippen LogP contribution >= 0.6 is 0 Å². The minimum Gasteiger partial charge on any atom is -0.416 e. The molecule has 0 amide bonds. The minimum atomic E-state index is -1.78. The molecule has 1 aromatic carbocycles. The smallest absolute Gasteiger partial charge is 0.192 e. The van der Waals surface area contributed by atoms with E-state index in [9.17, 15) is 5.11 Å². The van der Waals surface area contributed by atoms with Gasteiger partial charge >= 0.3 is 0 Å². The van der Waals surface area contributed by atoms with Crippen molar-refractivity contribution in [3.63, 3.8) is 0 Å². The molecule has 0 aliphatic heterocycles. The second-order valence-corrected chi connectivity index (χ2v) is 11.7. The molecule has 1 aromatic rings. The molecule has 1 rings (SSSR count). The summed E-state index contributed by atoms with van der Waals surface area (Å²) in [6.07, 6.45) is 0. The van der Waals surface area contributed by atoms with Gasteiger partial charge in [-0.15, -0.1) is 0 Å². The fourth-order valence-electron chi connectivity index (χ4n) is 1.75. The summed E-state index contributed by atoms with van der Waals surface area (Å²) in [7, 11) is -1.78. The standard InChI is InChI=1S/C17H28O2Si/c1-14(12-18)16(15-10-8-7-9-11-15)13-19-20(5,6)17(2,3)4/h7-11,16,18H,1,12-13H2,2-6H3. The minimum absolute atomic E-state index is 0.000420. The summed E-state index contributed by atoms with van der Waals surface area (Å²) in [5, 5.41) is 9.60. The topological polar surface area (TPSA) is 29.5 Å². The van der Waals surface area contributed by atoms with E-state index in [2.05, 4.69) is 52.6 Å². The molecule has 0 fully saturated rings. The Morgan fingerprint density at radius 1 is 1.25 bits per heavy atom. The molecule has 0 bridgehead atoms. The lowest BCUT2D eigenvalue weighted by atomic mass is 9.93. The zero-order valence-corrected chi connectivity index (χ0v) is 14.4. The molecule has 0 aliphatic carbocycles. The Labute approximate surface area is 124 Å². The van der Waals surface area contributed by atoms with Gasteiger partial charge in [0.2, 0.25) is 0 Å². The summed E-state index contributed by atoms with van der Waals surface area (Å²) >= 11 is 0. The molecule has 0 saturated carbocycles. The van der Waals surface area contributed by atoms with Crippen molar-refractivity contribution in [3.05, 3.63) is 48.0 Å². The third-order valence-electron chi connectivity index (χ3n) is 4.31. The average Bonchev–Trinajstić information content (AvgIpc) is 2.38. The van der Waals surface area contributed by atoms with Crippen LogP contribution in [0.4, 0.5) is 0 Å². The van der Waals surface area contributed by atoms with Crippen LogP contribution in [0.25, 0.3) is 0 Å². The van der Waals surface area contributed by atoms with Crippen molar-refractivity contribution in [2.45, 2.75) is 44.8 Å². The van der Waals surface area contributed by atoms with Gasteiger partial charge in [-0.2, -0.15) is 0 Å². The molecular weight excluding hydrogens is 264 g/mol. The summed E-state index contributed by atoms with van der Waals surface area (Å²) < 4.78 is 6.30. The molecule has 3 heteroatoms. The second kappa shape index (κ2) is 6.70. The molecule has 112 valence electrons. The van der Waals surface area contributed by atoms with Crippen molar-refractivity contribution in [3.8, 4) is 0 Å². The first-order valence-electron chi connectivity index (χ1n) is 7.16. The van der Waals surface area contributed by atoms with Gasteiger partial charge < -0.3 is 9.53 Å². The predicted octanol–water partition coefficient (Wildman–Crippen LogP) is 4.34. The van der Waals surface area contributed by atoms with Crippen molar-refractivity contribution in [2.24, 2.45) is 0 Å². The van der Waals surface area contributed by atoms with Crippen molar-refractivity contribution < 1.29 is 9.53 Å². The highest BCUT2D eigenvalue weighted by Crippen LogP contribution is 2.37. The maximum Gasteiger partial charge on any atom is 0.192 e. The lowest BCUT2D eigenvalue weighted by Gasteiger charge is -2.37. The summed E-state index contributed by atoms with van der Waals surface area (Å²) in [5.74, 6) is 0.0651. The molecular formula is C17H28O2Si. The van der Waals surface area contributed by atoms with Gasteiger partial charge in [-0.3, -0.25) is 0 Å². The highest BCUT2D eigenvalue weighted by molar-refractivity contribution is 6.74. The van der Waals surface area contributed by atoms with E-state index in [4.69, 9.17) is 4.43 Å². The van der Waals surface area contributed by atoms with Gasteiger partial charge in [0, 0.05) is 12.5 Å². The van der Waals surface area contributed by atoms with E-state index in [1.165, 1.54) is 0 Å². The monoisotopic (exact) mass is 292 g/mol. The third-order valence-corrected chi connectivity index (χ3v) is 8.82. The van der Waals surface area contributed by atoms with Crippen LogP contribution in [0.15, 0.2) is 42.5 Å². The molecule has 0 heterocycles. The lowest BCUT2D eigenvalue weighted by molar-refractivity contribution is 0.257. The molecule has 1 unspecified atom stereocenters. The fourth-order valence-corrected chi connectivity index (χ4v) is 2.77. The molecule has 0 saturated heterocycles. The normalized spacial score (nSPS) is 14.1. The van der Waals surface area contributed by atoms with Gasteiger partial charge in [-0.1, -0.05) is 57.7 Å². The summed E-state index contributed by atoms with van der Waals surface area (Å²) in [6, 6.07) is 10.2. The third kappa shape index (κ3) is 4.30. The van der Waals surface area contributed by atoms with Crippen molar-refractivity contribution in [1.82, 2.24) is 0 Å². The summed E-state index contributed by atoms with van der Waals surface area (Å²) in [5.41, 5.74) is 1.97. The van der Waals surface area contributed by atoms with Crippen LogP contribution in [0, 0.1) is 0 Å². The SMILES string of the molecule is C=C(CO)C(CO[Si](C)(C)C(C)(C)C)c1ccccc1. The van der Waals surface area contributed by atoms with E-state index < -0.39 is 8.32 Å². The van der Waals surface area contributed by atoms with E-state index >= 15 is 0 Å². The second-order valence-electron chi connectivity index (χ2n) is 6.85.